The Balaban J connectivity index is 2.51. The standard InChI is InChI=1S/C8H7N3OS/c13-6-3-5-1-2-12-8-7(5)11(6)10-4-9-8/h3-4,13H,1-2H2. The average molecular weight is 193 g/mol. The van der Waals surface area contributed by atoms with Gasteiger partial charge < -0.3 is 4.74 Å². The Kier molecular flexibility index (Phi) is 1.32. The van der Waals surface area contributed by atoms with Crippen LogP contribution in [-0.4, -0.2) is 21.2 Å². The van der Waals surface area contributed by atoms with Gasteiger partial charge in [0.1, 0.15) is 11.8 Å². The number of ether oxygens (including phenoxy) is 1. The van der Waals surface area contributed by atoms with Gasteiger partial charge in [-0.3, -0.25) is 0 Å². The topological polar surface area (TPSA) is 39.4 Å². The molecule has 1 aliphatic rings. The molecule has 0 aliphatic carbocycles. The summed E-state index contributed by atoms with van der Waals surface area (Å²) in [6.07, 6.45) is 2.39. The summed E-state index contributed by atoms with van der Waals surface area (Å²) < 4.78 is 7.15. The maximum atomic E-state index is 5.40. The molecule has 5 heteroatoms. The highest BCUT2D eigenvalue weighted by Crippen LogP contribution is 2.28. The van der Waals surface area contributed by atoms with Gasteiger partial charge in [-0.1, -0.05) is 0 Å². The second-order valence-electron chi connectivity index (χ2n) is 2.95. The Morgan fingerprint density at radius 1 is 1.54 bits per heavy atom. The lowest BCUT2D eigenvalue weighted by Gasteiger charge is -2.12. The van der Waals surface area contributed by atoms with Crippen molar-refractivity contribution in [1.29, 1.82) is 0 Å². The molecule has 0 amide bonds. The molecular weight excluding hydrogens is 186 g/mol. The fourth-order valence-corrected chi connectivity index (χ4v) is 1.93. The summed E-state index contributed by atoms with van der Waals surface area (Å²) in [5.41, 5.74) is 2.17. The SMILES string of the molecule is Sc1cc2c3c(ncnn13)OCC2. The molecule has 66 valence electrons. The van der Waals surface area contributed by atoms with Gasteiger partial charge in [0.2, 0.25) is 5.88 Å². The van der Waals surface area contributed by atoms with Crippen LogP contribution in [0.3, 0.4) is 0 Å². The van der Waals surface area contributed by atoms with Crippen molar-refractivity contribution >= 4 is 18.1 Å². The highest BCUT2D eigenvalue weighted by Gasteiger charge is 2.17. The van der Waals surface area contributed by atoms with E-state index >= 15 is 0 Å². The molecule has 0 aromatic carbocycles. The van der Waals surface area contributed by atoms with Gasteiger partial charge in [-0.15, -0.1) is 12.6 Å². The number of hydrogen-bond acceptors (Lipinski definition) is 4. The highest BCUT2D eigenvalue weighted by atomic mass is 32.1. The van der Waals surface area contributed by atoms with E-state index in [1.165, 1.54) is 11.9 Å². The molecule has 0 spiro atoms. The van der Waals surface area contributed by atoms with Crippen molar-refractivity contribution in [2.45, 2.75) is 11.4 Å². The van der Waals surface area contributed by atoms with Gasteiger partial charge in [-0.25, -0.2) is 4.52 Å². The van der Waals surface area contributed by atoms with E-state index in [1.807, 2.05) is 6.07 Å². The monoisotopic (exact) mass is 193 g/mol. The predicted octanol–water partition coefficient (Wildman–Crippen LogP) is 0.953. The van der Waals surface area contributed by atoms with Gasteiger partial charge >= 0.3 is 0 Å². The third-order valence-electron chi connectivity index (χ3n) is 2.19. The van der Waals surface area contributed by atoms with Crippen molar-refractivity contribution in [3.63, 3.8) is 0 Å². The molecule has 0 saturated carbocycles. The Bertz CT molecular complexity index is 479. The zero-order chi connectivity index (χ0) is 8.84. The number of thiol groups is 1. The van der Waals surface area contributed by atoms with Crippen LogP contribution < -0.4 is 4.74 Å². The van der Waals surface area contributed by atoms with E-state index < -0.39 is 0 Å². The summed E-state index contributed by atoms with van der Waals surface area (Å²) in [4.78, 5) is 4.06. The fraction of sp³-hybridized carbons (Fsp3) is 0.250. The Morgan fingerprint density at radius 2 is 2.46 bits per heavy atom. The molecule has 0 unspecified atom stereocenters. The highest BCUT2D eigenvalue weighted by molar-refractivity contribution is 7.80. The maximum Gasteiger partial charge on any atom is 0.241 e. The summed E-state index contributed by atoms with van der Waals surface area (Å²) in [5.74, 6) is 0.663. The minimum atomic E-state index is 0.663. The number of aromatic nitrogens is 3. The van der Waals surface area contributed by atoms with Crippen LogP contribution in [0.25, 0.3) is 5.52 Å². The van der Waals surface area contributed by atoms with E-state index in [0.29, 0.717) is 12.5 Å². The van der Waals surface area contributed by atoms with Crippen LogP contribution in [0.15, 0.2) is 17.4 Å². The van der Waals surface area contributed by atoms with Crippen LogP contribution in [0.2, 0.25) is 0 Å². The van der Waals surface area contributed by atoms with Gasteiger partial charge in [-0.05, 0) is 11.6 Å². The molecule has 2 aromatic rings. The molecule has 1 aliphatic heterocycles. The van der Waals surface area contributed by atoms with Crippen LogP contribution in [0.1, 0.15) is 5.56 Å². The van der Waals surface area contributed by atoms with Gasteiger partial charge in [0.05, 0.1) is 11.6 Å². The van der Waals surface area contributed by atoms with Crippen LogP contribution in [0.5, 0.6) is 5.88 Å². The summed E-state index contributed by atoms with van der Waals surface area (Å²) >= 11 is 4.32. The van der Waals surface area contributed by atoms with Crippen molar-refractivity contribution in [1.82, 2.24) is 14.6 Å². The lowest BCUT2D eigenvalue weighted by atomic mass is 10.2. The quantitative estimate of drug-likeness (QED) is 0.633. The van der Waals surface area contributed by atoms with Gasteiger partial charge in [0, 0.05) is 6.42 Å². The number of hydrogen-bond donors (Lipinski definition) is 1. The Labute approximate surface area is 79.9 Å². The number of rotatable bonds is 0. The van der Waals surface area contributed by atoms with Gasteiger partial charge in [0.25, 0.3) is 0 Å². The second-order valence-corrected chi connectivity index (χ2v) is 3.41. The van der Waals surface area contributed by atoms with Gasteiger partial charge in [-0.2, -0.15) is 10.1 Å². The molecular formula is C8H7N3OS. The molecule has 4 nitrogen and oxygen atoms in total. The van der Waals surface area contributed by atoms with E-state index in [-0.39, 0.29) is 0 Å². The minimum Gasteiger partial charge on any atom is -0.476 e. The molecule has 3 heterocycles. The van der Waals surface area contributed by atoms with E-state index in [4.69, 9.17) is 4.74 Å². The first-order valence-corrected chi connectivity index (χ1v) is 4.48. The molecule has 0 N–H and O–H groups in total. The predicted molar refractivity (Wildman–Crippen MR) is 49.4 cm³/mol. The molecule has 0 bridgehead atoms. The van der Waals surface area contributed by atoms with Gasteiger partial charge in [0.15, 0.2) is 0 Å². The first-order chi connectivity index (χ1) is 6.36. The van der Waals surface area contributed by atoms with E-state index in [2.05, 4.69) is 22.7 Å². The van der Waals surface area contributed by atoms with Crippen molar-refractivity contribution in [3.8, 4) is 5.88 Å². The lowest BCUT2D eigenvalue weighted by molar-refractivity contribution is 0.302. The van der Waals surface area contributed by atoms with E-state index in [9.17, 15) is 0 Å². The third kappa shape index (κ3) is 0.875. The summed E-state index contributed by atoms with van der Waals surface area (Å²) in [6.45, 7) is 0.691. The van der Waals surface area contributed by atoms with Crippen molar-refractivity contribution < 1.29 is 4.74 Å². The maximum absolute atomic E-state index is 5.40. The first kappa shape index (κ1) is 7.20. The normalized spacial score (nSPS) is 14.5. The Hall–Kier alpha value is -1.23. The van der Waals surface area contributed by atoms with Crippen LogP contribution in [0, 0.1) is 0 Å². The van der Waals surface area contributed by atoms with Crippen molar-refractivity contribution in [2.75, 3.05) is 6.61 Å². The Morgan fingerprint density at radius 3 is 3.38 bits per heavy atom. The van der Waals surface area contributed by atoms with Crippen molar-refractivity contribution in [2.24, 2.45) is 0 Å². The fourth-order valence-electron chi connectivity index (χ4n) is 1.63. The minimum absolute atomic E-state index is 0.663. The molecule has 13 heavy (non-hydrogen) atoms. The van der Waals surface area contributed by atoms with E-state index in [0.717, 1.165) is 17.0 Å². The largest absolute Gasteiger partial charge is 0.476 e. The number of nitrogens with zero attached hydrogens (tertiary/aromatic N) is 3. The van der Waals surface area contributed by atoms with Crippen LogP contribution >= 0.6 is 12.6 Å². The molecule has 0 saturated heterocycles. The smallest absolute Gasteiger partial charge is 0.241 e. The average Bonchev–Trinajstić information content (AvgIpc) is 2.47. The third-order valence-corrected chi connectivity index (χ3v) is 2.51. The molecule has 0 fully saturated rings. The second kappa shape index (κ2) is 2.38. The lowest BCUT2D eigenvalue weighted by Crippen LogP contribution is -2.10. The zero-order valence-electron chi connectivity index (χ0n) is 6.77. The van der Waals surface area contributed by atoms with Crippen LogP contribution in [-0.2, 0) is 6.42 Å². The molecule has 0 radical (unpaired) electrons. The molecule has 2 aromatic heterocycles. The summed E-state index contributed by atoms with van der Waals surface area (Å²) in [6, 6.07) is 2.01. The van der Waals surface area contributed by atoms with E-state index in [1.54, 1.807) is 4.52 Å². The zero-order valence-corrected chi connectivity index (χ0v) is 7.66. The van der Waals surface area contributed by atoms with Crippen LogP contribution in [0.4, 0.5) is 0 Å². The van der Waals surface area contributed by atoms with Crippen molar-refractivity contribution in [3.05, 3.63) is 18.0 Å². The molecule has 3 rings (SSSR count). The first-order valence-electron chi connectivity index (χ1n) is 4.03. The molecule has 0 atom stereocenters. The summed E-state index contributed by atoms with van der Waals surface area (Å²) in [7, 11) is 0. The summed E-state index contributed by atoms with van der Waals surface area (Å²) in [5, 5.41) is 4.93.